The number of nitrogens with two attached hydrogens (primary N) is 1. The minimum absolute atomic E-state index is 0.000888. The third-order valence-electron chi connectivity index (χ3n) is 1.88. The largest absolute Gasteiger partial charge is 0.388 e. The molecule has 0 aliphatic carbocycles. The molecular formula is C8H19N3O2S. The van der Waals surface area contributed by atoms with Gasteiger partial charge in [-0.25, -0.2) is 12.7 Å². The van der Waals surface area contributed by atoms with Crippen LogP contribution in [0.4, 0.5) is 0 Å². The van der Waals surface area contributed by atoms with Gasteiger partial charge in [0, 0.05) is 20.0 Å². The standard InChI is InChI=1S/C8H19N3O2S/c1-8(2,3)14(12,13)11(4)6-5-7(9)10/h5-6H2,1-4H3,(H3,9,10). The van der Waals surface area contributed by atoms with Crippen LogP contribution < -0.4 is 5.73 Å². The number of nitrogens with one attached hydrogen (secondary N) is 1. The van der Waals surface area contributed by atoms with Gasteiger partial charge in [0.1, 0.15) is 0 Å². The topological polar surface area (TPSA) is 87.2 Å². The van der Waals surface area contributed by atoms with Crippen molar-refractivity contribution in [2.45, 2.75) is 31.9 Å². The number of sulfonamides is 1. The molecule has 0 aromatic heterocycles. The van der Waals surface area contributed by atoms with Gasteiger partial charge in [0.2, 0.25) is 10.0 Å². The summed E-state index contributed by atoms with van der Waals surface area (Å²) in [6.45, 7) is 5.20. The van der Waals surface area contributed by atoms with Crippen molar-refractivity contribution in [3.63, 3.8) is 0 Å². The summed E-state index contributed by atoms with van der Waals surface area (Å²) in [6.07, 6.45) is 0.270. The highest BCUT2D eigenvalue weighted by Gasteiger charge is 2.32. The molecule has 84 valence electrons. The molecule has 3 N–H and O–H groups in total. The lowest BCUT2D eigenvalue weighted by Crippen LogP contribution is -2.41. The Morgan fingerprint density at radius 2 is 1.86 bits per heavy atom. The summed E-state index contributed by atoms with van der Waals surface area (Å²) in [5, 5.41) is 7.00. The smallest absolute Gasteiger partial charge is 0.218 e. The van der Waals surface area contributed by atoms with Crippen molar-refractivity contribution in [3.05, 3.63) is 0 Å². The molecule has 0 bridgehead atoms. The second-order valence-electron chi connectivity index (χ2n) is 4.21. The van der Waals surface area contributed by atoms with Crippen molar-refractivity contribution in [1.29, 1.82) is 5.41 Å². The lowest BCUT2D eigenvalue weighted by molar-refractivity contribution is 0.452. The molecule has 0 aromatic carbocycles. The second-order valence-corrected chi connectivity index (χ2v) is 7.01. The Labute approximate surface area is 85.8 Å². The second kappa shape index (κ2) is 4.27. The van der Waals surface area contributed by atoms with Crippen LogP contribution in [0.25, 0.3) is 0 Å². The molecule has 0 unspecified atom stereocenters. The van der Waals surface area contributed by atoms with Crippen LogP contribution in [0.5, 0.6) is 0 Å². The molecular weight excluding hydrogens is 202 g/mol. The van der Waals surface area contributed by atoms with Gasteiger partial charge in [-0.3, -0.25) is 5.41 Å². The minimum atomic E-state index is -3.29. The van der Waals surface area contributed by atoms with Crippen LogP contribution >= 0.6 is 0 Å². The van der Waals surface area contributed by atoms with Gasteiger partial charge < -0.3 is 5.73 Å². The minimum Gasteiger partial charge on any atom is -0.388 e. The average Bonchev–Trinajstić information content (AvgIpc) is 1.97. The van der Waals surface area contributed by atoms with E-state index in [2.05, 4.69) is 0 Å². The monoisotopic (exact) mass is 221 g/mol. The Hall–Kier alpha value is -0.620. The van der Waals surface area contributed by atoms with Crippen LogP contribution in [0, 0.1) is 5.41 Å². The molecule has 0 saturated carbocycles. The highest BCUT2D eigenvalue weighted by Crippen LogP contribution is 2.18. The predicted octanol–water partition coefficient (Wildman–Crippen LogP) is 0.373. The zero-order chi connectivity index (χ0) is 11.6. The first-order valence-electron chi connectivity index (χ1n) is 4.38. The lowest BCUT2D eigenvalue weighted by atomic mass is 10.3. The summed E-state index contributed by atoms with van der Waals surface area (Å²) in [7, 11) is -1.79. The summed E-state index contributed by atoms with van der Waals surface area (Å²) in [5.74, 6) is 0.000888. The summed E-state index contributed by atoms with van der Waals surface area (Å²) >= 11 is 0. The number of hydrogen-bond donors (Lipinski definition) is 2. The van der Waals surface area contributed by atoms with Crippen LogP contribution in [-0.2, 0) is 10.0 Å². The molecule has 0 atom stereocenters. The Balaban J connectivity index is 4.54. The molecule has 0 aliphatic heterocycles. The highest BCUT2D eigenvalue weighted by molar-refractivity contribution is 7.90. The Morgan fingerprint density at radius 3 is 2.14 bits per heavy atom. The maximum absolute atomic E-state index is 11.8. The molecule has 0 spiro atoms. The molecule has 6 heteroatoms. The first-order valence-corrected chi connectivity index (χ1v) is 5.82. The summed E-state index contributed by atoms with van der Waals surface area (Å²) in [4.78, 5) is 0. The van der Waals surface area contributed by atoms with Crippen molar-refractivity contribution in [2.24, 2.45) is 5.73 Å². The van der Waals surface area contributed by atoms with E-state index in [0.29, 0.717) is 0 Å². The zero-order valence-corrected chi connectivity index (χ0v) is 9.98. The van der Waals surface area contributed by atoms with Gasteiger partial charge in [0.25, 0.3) is 0 Å². The van der Waals surface area contributed by atoms with Crippen LogP contribution in [0.1, 0.15) is 27.2 Å². The summed E-state index contributed by atoms with van der Waals surface area (Å²) < 4.78 is 24.0. The normalized spacial score (nSPS) is 13.2. The van der Waals surface area contributed by atoms with Crippen molar-refractivity contribution in [2.75, 3.05) is 13.6 Å². The molecule has 5 nitrogen and oxygen atoms in total. The Bertz CT molecular complexity index is 303. The van der Waals surface area contributed by atoms with Crippen LogP contribution in [0.3, 0.4) is 0 Å². The van der Waals surface area contributed by atoms with Gasteiger partial charge in [-0.15, -0.1) is 0 Å². The quantitative estimate of drug-likeness (QED) is 0.531. The number of nitrogens with zero attached hydrogens (tertiary/aromatic N) is 1. The van der Waals surface area contributed by atoms with Gasteiger partial charge >= 0.3 is 0 Å². The van der Waals surface area contributed by atoms with Crippen molar-refractivity contribution >= 4 is 15.9 Å². The number of hydrogen-bond acceptors (Lipinski definition) is 3. The molecule has 0 aliphatic rings. The van der Waals surface area contributed by atoms with E-state index in [1.807, 2.05) is 0 Å². The fraction of sp³-hybridized carbons (Fsp3) is 0.875. The summed E-state index contributed by atoms with van der Waals surface area (Å²) in [6, 6.07) is 0. The van der Waals surface area contributed by atoms with Gasteiger partial charge in [-0.2, -0.15) is 0 Å². The van der Waals surface area contributed by atoms with E-state index >= 15 is 0 Å². The molecule has 0 aromatic rings. The SMILES string of the molecule is CN(CCC(=N)N)S(=O)(=O)C(C)(C)C. The van der Waals surface area contributed by atoms with E-state index in [1.54, 1.807) is 20.8 Å². The van der Waals surface area contributed by atoms with Crippen LogP contribution in [0.2, 0.25) is 0 Å². The Kier molecular flexibility index (Phi) is 4.08. The van der Waals surface area contributed by atoms with Crippen molar-refractivity contribution < 1.29 is 8.42 Å². The third-order valence-corrected chi connectivity index (χ3v) is 4.43. The van der Waals surface area contributed by atoms with Gasteiger partial charge in [0.05, 0.1) is 10.6 Å². The lowest BCUT2D eigenvalue weighted by Gasteiger charge is -2.26. The molecule has 0 amide bonds. The molecule has 0 heterocycles. The average molecular weight is 221 g/mol. The molecule has 0 fully saturated rings. The van der Waals surface area contributed by atoms with E-state index in [4.69, 9.17) is 11.1 Å². The first-order chi connectivity index (χ1) is 6.09. The van der Waals surface area contributed by atoms with Crippen molar-refractivity contribution in [1.82, 2.24) is 4.31 Å². The maximum Gasteiger partial charge on any atom is 0.218 e. The highest BCUT2D eigenvalue weighted by atomic mass is 32.2. The van der Waals surface area contributed by atoms with E-state index < -0.39 is 14.8 Å². The van der Waals surface area contributed by atoms with Crippen molar-refractivity contribution in [3.8, 4) is 0 Å². The third kappa shape index (κ3) is 3.26. The fourth-order valence-electron chi connectivity index (χ4n) is 0.866. The van der Waals surface area contributed by atoms with Gasteiger partial charge in [0.15, 0.2) is 0 Å². The van der Waals surface area contributed by atoms with E-state index in [9.17, 15) is 8.42 Å². The molecule has 0 radical (unpaired) electrons. The molecule has 14 heavy (non-hydrogen) atoms. The fourth-order valence-corrected chi connectivity index (χ4v) is 2.13. The van der Waals surface area contributed by atoms with Crippen LogP contribution in [-0.4, -0.2) is 36.9 Å². The first kappa shape index (κ1) is 13.4. The van der Waals surface area contributed by atoms with Crippen LogP contribution in [0.15, 0.2) is 0 Å². The van der Waals surface area contributed by atoms with Gasteiger partial charge in [-0.05, 0) is 20.8 Å². The predicted molar refractivity (Wildman–Crippen MR) is 57.8 cm³/mol. The van der Waals surface area contributed by atoms with E-state index in [1.165, 1.54) is 11.4 Å². The Morgan fingerprint density at radius 1 is 1.43 bits per heavy atom. The van der Waals surface area contributed by atoms with E-state index in [0.717, 1.165) is 0 Å². The number of rotatable bonds is 4. The summed E-state index contributed by atoms with van der Waals surface area (Å²) in [5.41, 5.74) is 5.15. The molecule has 0 rings (SSSR count). The van der Waals surface area contributed by atoms with Gasteiger partial charge in [-0.1, -0.05) is 0 Å². The number of amidine groups is 1. The zero-order valence-electron chi connectivity index (χ0n) is 9.16. The van der Waals surface area contributed by atoms with E-state index in [-0.39, 0.29) is 18.8 Å². The maximum atomic E-state index is 11.8. The molecule has 0 saturated heterocycles.